The van der Waals surface area contributed by atoms with Crippen LogP contribution in [0.25, 0.3) is 0 Å². The van der Waals surface area contributed by atoms with Crippen molar-refractivity contribution in [2.45, 2.75) is 70.1 Å². The van der Waals surface area contributed by atoms with Crippen LogP contribution in [0.5, 0.6) is 0 Å². The molecule has 4 atom stereocenters. The third-order valence-corrected chi connectivity index (χ3v) is 5.22. The van der Waals surface area contributed by atoms with Crippen LogP contribution in [-0.2, 0) is 4.74 Å². The molecule has 0 spiro atoms. The van der Waals surface area contributed by atoms with Gasteiger partial charge in [-0.3, -0.25) is 4.90 Å². The Kier molecular flexibility index (Phi) is 4.68. The van der Waals surface area contributed by atoms with Crippen LogP contribution in [0.1, 0.15) is 52.4 Å². The quantitative estimate of drug-likeness (QED) is 0.840. The molecule has 0 amide bonds. The highest BCUT2D eigenvalue weighted by atomic mass is 16.5. The molecule has 3 heteroatoms. The first kappa shape index (κ1) is 14.3. The first-order chi connectivity index (χ1) is 8.57. The number of ether oxygens (including phenoxy) is 1. The summed E-state index contributed by atoms with van der Waals surface area (Å²) in [5.41, 5.74) is 6.33. The molecule has 0 aromatic rings. The Morgan fingerprint density at radius 2 is 2.11 bits per heavy atom. The highest BCUT2D eigenvalue weighted by Gasteiger charge is 2.41. The maximum absolute atomic E-state index is 6.15. The second-order valence-electron chi connectivity index (χ2n) is 6.60. The van der Waals surface area contributed by atoms with E-state index in [0.717, 1.165) is 38.0 Å². The van der Waals surface area contributed by atoms with Crippen molar-refractivity contribution in [1.82, 2.24) is 4.90 Å². The van der Waals surface area contributed by atoms with Gasteiger partial charge in [-0.25, -0.2) is 0 Å². The number of nitrogens with two attached hydrogens (primary N) is 1. The zero-order chi connectivity index (χ0) is 13.2. The molecule has 1 saturated heterocycles. The molecule has 2 rings (SSSR count). The zero-order valence-corrected chi connectivity index (χ0v) is 12.3. The average molecular weight is 254 g/mol. The molecule has 1 heterocycles. The predicted octanol–water partition coefficient (Wildman–Crippen LogP) is 2.39. The van der Waals surface area contributed by atoms with Crippen LogP contribution >= 0.6 is 0 Å². The topological polar surface area (TPSA) is 38.5 Å². The van der Waals surface area contributed by atoms with Gasteiger partial charge in [0.2, 0.25) is 0 Å². The minimum Gasteiger partial charge on any atom is -0.378 e. The van der Waals surface area contributed by atoms with E-state index in [1.165, 1.54) is 25.7 Å². The lowest BCUT2D eigenvalue weighted by Crippen LogP contribution is -2.60. The summed E-state index contributed by atoms with van der Waals surface area (Å²) in [6.07, 6.45) is 8.00. The Hall–Kier alpha value is -0.120. The Balaban J connectivity index is 2.06. The fraction of sp³-hybridized carbons (Fsp3) is 1.00. The van der Waals surface area contributed by atoms with Crippen molar-refractivity contribution in [3.63, 3.8) is 0 Å². The van der Waals surface area contributed by atoms with E-state index in [2.05, 4.69) is 25.8 Å². The van der Waals surface area contributed by atoms with E-state index in [0.29, 0.717) is 6.10 Å². The van der Waals surface area contributed by atoms with Gasteiger partial charge in [0, 0.05) is 24.7 Å². The number of hydrogen-bond donors (Lipinski definition) is 1. The van der Waals surface area contributed by atoms with E-state index in [-0.39, 0.29) is 5.54 Å². The van der Waals surface area contributed by atoms with Gasteiger partial charge in [-0.1, -0.05) is 19.8 Å². The van der Waals surface area contributed by atoms with Gasteiger partial charge in [-0.2, -0.15) is 0 Å². The highest BCUT2D eigenvalue weighted by Crippen LogP contribution is 2.35. The van der Waals surface area contributed by atoms with E-state index < -0.39 is 0 Å². The summed E-state index contributed by atoms with van der Waals surface area (Å²) in [7, 11) is 2.30. The van der Waals surface area contributed by atoms with Crippen molar-refractivity contribution in [2.24, 2.45) is 11.7 Å². The number of nitrogens with zero attached hydrogens (tertiary/aromatic N) is 1. The van der Waals surface area contributed by atoms with E-state index >= 15 is 0 Å². The first-order valence-corrected chi connectivity index (χ1v) is 7.62. The number of hydrogen-bond acceptors (Lipinski definition) is 3. The van der Waals surface area contributed by atoms with Gasteiger partial charge in [0.1, 0.15) is 0 Å². The zero-order valence-electron chi connectivity index (χ0n) is 12.3. The SMILES string of the molecule is CC1CCCC(N(C)C2(CN)CCOC(C)C2)C1. The Morgan fingerprint density at radius 3 is 2.72 bits per heavy atom. The van der Waals surface area contributed by atoms with Crippen molar-refractivity contribution in [1.29, 1.82) is 0 Å². The molecule has 106 valence electrons. The van der Waals surface area contributed by atoms with Gasteiger partial charge in [0.05, 0.1) is 6.10 Å². The molecule has 1 aliphatic carbocycles. The van der Waals surface area contributed by atoms with Gasteiger partial charge in [-0.15, -0.1) is 0 Å². The average Bonchev–Trinajstić information content (AvgIpc) is 2.37. The van der Waals surface area contributed by atoms with E-state index in [1.54, 1.807) is 0 Å². The van der Waals surface area contributed by atoms with Crippen LogP contribution in [0.4, 0.5) is 0 Å². The minimum absolute atomic E-state index is 0.180. The molecule has 4 unspecified atom stereocenters. The van der Waals surface area contributed by atoms with Gasteiger partial charge < -0.3 is 10.5 Å². The molecule has 0 aromatic heterocycles. The minimum atomic E-state index is 0.180. The molecular formula is C15H30N2O. The monoisotopic (exact) mass is 254 g/mol. The Bertz CT molecular complexity index is 271. The van der Waals surface area contributed by atoms with Gasteiger partial charge in [0.25, 0.3) is 0 Å². The van der Waals surface area contributed by atoms with Crippen molar-refractivity contribution < 1.29 is 4.74 Å². The normalized spacial score (nSPS) is 42.2. The van der Waals surface area contributed by atoms with Gasteiger partial charge in [0.15, 0.2) is 0 Å². The first-order valence-electron chi connectivity index (χ1n) is 7.62. The predicted molar refractivity (Wildman–Crippen MR) is 75.6 cm³/mol. The van der Waals surface area contributed by atoms with Crippen molar-refractivity contribution in [2.75, 3.05) is 20.2 Å². The summed E-state index contributed by atoms with van der Waals surface area (Å²) < 4.78 is 5.71. The lowest BCUT2D eigenvalue weighted by atomic mass is 9.80. The summed E-state index contributed by atoms with van der Waals surface area (Å²) in [5, 5.41) is 0. The van der Waals surface area contributed by atoms with Crippen LogP contribution in [0.15, 0.2) is 0 Å². The maximum Gasteiger partial charge on any atom is 0.0565 e. The largest absolute Gasteiger partial charge is 0.378 e. The molecule has 2 N–H and O–H groups in total. The highest BCUT2D eigenvalue weighted by molar-refractivity contribution is 4.97. The molecule has 1 aliphatic heterocycles. The summed E-state index contributed by atoms with van der Waals surface area (Å²) in [6.45, 7) is 6.20. The van der Waals surface area contributed by atoms with Gasteiger partial charge >= 0.3 is 0 Å². The fourth-order valence-electron chi connectivity index (χ4n) is 3.94. The second kappa shape index (κ2) is 5.89. The molecule has 18 heavy (non-hydrogen) atoms. The Labute approximate surface area is 112 Å². The number of likely N-dealkylation sites (N-methyl/N-ethyl adjacent to an activating group) is 1. The van der Waals surface area contributed by atoms with E-state index in [9.17, 15) is 0 Å². The molecule has 3 nitrogen and oxygen atoms in total. The standard InChI is InChI=1S/C15H30N2O/c1-12-5-4-6-14(9-12)17(3)15(11-16)7-8-18-13(2)10-15/h12-14H,4-11,16H2,1-3H3. The van der Waals surface area contributed by atoms with E-state index in [1.807, 2.05) is 0 Å². The summed E-state index contributed by atoms with van der Waals surface area (Å²) in [4.78, 5) is 2.61. The smallest absolute Gasteiger partial charge is 0.0565 e. The second-order valence-corrected chi connectivity index (χ2v) is 6.60. The molecule has 0 bridgehead atoms. The van der Waals surface area contributed by atoms with Crippen LogP contribution in [0, 0.1) is 5.92 Å². The Morgan fingerprint density at radius 1 is 1.33 bits per heavy atom. The molecule has 1 saturated carbocycles. The lowest BCUT2D eigenvalue weighted by molar-refractivity contribution is -0.0739. The van der Waals surface area contributed by atoms with Crippen LogP contribution in [0.3, 0.4) is 0 Å². The van der Waals surface area contributed by atoms with E-state index in [4.69, 9.17) is 10.5 Å². The third-order valence-electron chi connectivity index (χ3n) is 5.22. The number of rotatable bonds is 3. The molecule has 2 fully saturated rings. The summed E-state index contributed by atoms with van der Waals surface area (Å²) in [6, 6.07) is 0.725. The van der Waals surface area contributed by atoms with Crippen molar-refractivity contribution in [3.8, 4) is 0 Å². The summed E-state index contributed by atoms with van der Waals surface area (Å²) >= 11 is 0. The molecule has 0 radical (unpaired) electrons. The molecular weight excluding hydrogens is 224 g/mol. The fourth-order valence-corrected chi connectivity index (χ4v) is 3.94. The lowest BCUT2D eigenvalue weighted by Gasteiger charge is -2.50. The van der Waals surface area contributed by atoms with Crippen LogP contribution in [-0.4, -0.2) is 42.8 Å². The van der Waals surface area contributed by atoms with Crippen molar-refractivity contribution in [3.05, 3.63) is 0 Å². The maximum atomic E-state index is 6.15. The van der Waals surface area contributed by atoms with Crippen LogP contribution < -0.4 is 5.73 Å². The molecule has 2 aliphatic rings. The third kappa shape index (κ3) is 2.89. The van der Waals surface area contributed by atoms with Gasteiger partial charge in [-0.05, 0) is 45.6 Å². The summed E-state index contributed by atoms with van der Waals surface area (Å²) in [5.74, 6) is 0.873. The van der Waals surface area contributed by atoms with Crippen molar-refractivity contribution >= 4 is 0 Å². The van der Waals surface area contributed by atoms with Crippen LogP contribution in [0.2, 0.25) is 0 Å². The molecule has 0 aromatic carbocycles.